The first-order valence-corrected chi connectivity index (χ1v) is 9.02. The number of ether oxygens (including phenoxy) is 1. The van der Waals surface area contributed by atoms with Crippen LogP contribution in [0.3, 0.4) is 0 Å². The zero-order valence-corrected chi connectivity index (χ0v) is 14.9. The number of fused-ring (bicyclic) bond motifs is 1. The Bertz CT molecular complexity index is 868. The highest BCUT2D eigenvalue weighted by molar-refractivity contribution is 5.60. The first-order valence-electron chi connectivity index (χ1n) is 9.02. The Balaban J connectivity index is 1.56. The van der Waals surface area contributed by atoms with Crippen molar-refractivity contribution in [3.63, 3.8) is 0 Å². The molecule has 2 aliphatic rings. The lowest BCUT2D eigenvalue weighted by Gasteiger charge is -2.27. The minimum Gasteiger partial charge on any atom is -0.364 e. The van der Waals surface area contributed by atoms with Crippen LogP contribution in [0.2, 0.25) is 0 Å². The highest BCUT2D eigenvalue weighted by Gasteiger charge is 2.22. The number of nitrogens with zero attached hydrogens (tertiary/aromatic N) is 1. The second-order valence-electron chi connectivity index (χ2n) is 6.60. The number of aromatic nitrogens is 1. The van der Waals surface area contributed by atoms with Gasteiger partial charge in [0.2, 0.25) is 0 Å². The topological polar surface area (TPSA) is 46.2 Å². The van der Waals surface area contributed by atoms with Crippen LogP contribution in [-0.4, -0.2) is 4.98 Å². The van der Waals surface area contributed by atoms with E-state index in [-0.39, 0.29) is 6.10 Å². The average Bonchev–Trinajstić information content (AvgIpc) is 2.67. The lowest BCUT2D eigenvalue weighted by atomic mass is 10.0. The van der Waals surface area contributed by atoms with Crippen LogP contribution in [0.4, 0.5) is 5.69 Å². The van der Waals surface area contributed by atoms with Gasteiger partial charge in [-0.3, -0.25) is 4.98 Å². The molecule has 2 heterocycles. The third-order valence-corrected chi connectivity index (χ3v) is 4.51. The second kappa shape index (κ2) is 7.58. The molecule has 4 nitrogen and oxygen atoms in total. The molecule has 4 rings (SSSR count). The van der Waals surface area contributed by atoms with Crippen LogP contribution in [-0.2, 0) is 11.3 Å². The maximum atomic E-state index is 6.22. The maximum absolute atomic E-state index is 6.22. The summed E-state index contributed by atoms with van der Waals surface area (Å²) in [6.07, 6.45) is 12.6. The molecule has 1 aliphatic heterocycles. The van der Waals surface area contributed by atoms with Gasteiger partial charge in [-0.15, -0.1) is 0 Å². The molecule has 0 amide bonds. The van der Waals surface area contributed by atoms with Crippen molar-refractivity contribution in [1.82, 2.24) is 10.3 Å². The number of nitrogens with one attached hydrogen (secondary N) is 2. The van der Waals surface area contributed by atoms with E-state index in [2.05, 4.69) is 58.1 Å². The Morgan fingerprint density at radius 2 is 2.12 bits per heavy atom. The number of anilines is 1. The van der Waals surface area contributed by atoms with E-state index < -0.39 is 0 Å². The number of hydrogen-bond donors (Lipinski definition) is 2. The molecule has 0 bridgehead atoms. The van der Waals surface area contributed by atoms with E-state index in [4.69, 9.17) is 4.74 Å². The summed E-state index contributed by atoms with van der Waals surface area (Å²) >= 11 is 0. The molecule has 1 atom stereocenters. The lowest BCUT2D eigenvalue weighted by Crippen LogP contribution is -2.25. The van der Waals surface area contributed by atoms with E-state index in [9.17, 15) is 0 Å². The molecule has 0 spiro atoms. The summed E-state index contributed by atoms with van der Waals surface area (Å²) in [5.74, 6) is 0.943. The first-order chi connectivity index (χ1) is 12.8. The highest BCUT2D eigenvalue weighted by atomic mass is 16.5. The second-order valence-corrected chi connectivity index (χ2v) is 6.60. The average molecular weight is 345 g/mol. The summed E-state index contributed by atoms with van der Waals surface area (Å²) < 4.78 is 6.22. The summed E-state index contributed by atoms with van der Waals surface area (Å²) in [6.45, 7) is 2.56. The number of aryl methyl sites for hydroxylation is 1. The molecule has 1 aliphatic carbocycles. The lowest BCUT2D eigenvalue weighted by molar-refractivity contribution is 0.0705. The molecular weight excluding hydrogens is 322 g/mol. The van der Waals surface area contributed by atoms with Crippen molar-refractivity contribution in [2.45, 2.75) is 32.5 Å². The van der Waals surface area contributed by atoms with E-state index in [1.807, 2.05) is 31.3 Å². The van der Waals surface area contributed by atoms with Crippen LogP contribution in [0, 0.1) is 6.92 Å². The summed E-state index contributed by atoms with van der Waals surface area (Å²) in [7, 11) is 0. The molecule has 0 radical (unpaired) electrons. The minimum absolute atomic E-state index is 0.143. The van der Waals surface area contributed by atoms with Crippen LogP contribution >= 0.6 is 0 Å². The van der Waals surface area contributed by atoms with Crippen molar-refractivity contribution in [2.75, 3.05) is 5.32 Å². The van der Waals surface area contributed by atoms with Crippen molar-refractivity contribution in [3.05, 3.63) is 95.2 Å². The van der Waals surface area contributed by atoms with Crippen molar-refractivity contribution in [2.24, 2.45) is 0 Å². The number of benzene rings is 1. The zero-order valence-electron chi connectivity index (χ0n) is 14.9. The fourth-order valence-corrected chi connectivity index (χ4v) is 3.17. The van der Waals surface area contributed by atoms with E-state index in [1.165, 1.54) is 0 Å². The Kier molecular flexibility index (Phi) is 4.84. The molecule has 2 N–H and O–H groups in total. The van der Waals surface area contributed by atoms with E-state index in [0.717, 1.165) is 46.9 Å². The van der Waals surface area contributed by atoms with E-state index >= 15 is 0 Å². The largest absolute Gasteiger partial charge is 0.364 e. The Labute approximate surface area is 154 Å². The number of hydrogen-bond acceptors (Lipinski definition) is 4. The third-order valence-electron chi connectivity index (χ3n) is 4.51. The molecule has 26 heavy (non-hydrogen) atoms. The molecule has 1 aromatic carbocycles. The monoisotopic (exact) mass is 345 g/mol. The normalized spacial score (nSPS) is 18.4. The molecule has 1 unspecified atom stereocenters. The molecule has 0 fully saturated rings. The van der Waals surface area contributed by atoms with Crippen LogP contribution in [0.1, 0.15) is 35.8 Å². The fraction of sp³-hybridized carbons (Fsp3) is 0.227. The molecule has 1 aromatic heterocycles. The Morgan fingerprint density at radius 3 is 2.92 bits per heavy atom. The number of rotatable bonds is 5. The molecule has 2 aromatic rings. The fourth-order valence-electron chi connectivity index (χ4n) is 3.17. The van der Waals surface area contributed by atoms with Crippen molar-refractivity contribution >= 4 is 5.69 Å². The third kappa shape index (κ3) is 3.86. The van der Waals surface area contributed by atoms with Gasteiger partial charge in [0.25, 0.3) is 0 Å². The predicted molar refractivity (Wildman–Crippen MR) is 104 cm³/mol. The van der Waals surface area contributed by atoms with Gasteiger partial charge in [-0.1, -0.05) is 42.5 Å². The van der Waals surface area contributed by atoms with Gasteiger partial charge in [-0.25, -0.2) is 0 Å². The SMILES string of the molecule is Cc1cc2c(cn1)C(OCc1ccccc1)C=C(NC1=CCCC=C1)N2. The zero-order chi connectivity index (χ0) is 17.8. The smallest absolute Gasteiger partial charge is 0.108 e. The van der Waals surface area contributed by atoms with Crippen LogP contribution in [0.5, 0.6) is 0 Å². The van der Waals surface area contributed by atoms with E-state index in [1.54, 1.807) is 0 Å². The highest BCUT2D eigenvalue weighted by Crippen LogP contribution is 2.33. The summed E-state index contributed by atoms with van der Waals surface area (Å²) in [4.78, 5) is 4.45. The van der Waals surface area contributed by atoms with Gasteiger partial charge in [-0.2, -0.15) is 0 Å². The van der Waals surface area contributed by atoms with Crippen LogP contribution < -0.4 is 10.6 Å². The van der Waals surface area contributed by atoms with Gasteiger partial charge >= 0.3 is 0 Å². The molecule has 0 saturated carbocycles. The van der Waals surface area contributed by atoms with Gasteiger partial charge < -0.3 is 15.4 Å². The van der Waals surface area contributed by atoms with Crippen molar-refractivity contribution in [3.8, 4) is 0 Å². The quantitative estimate of drug-likeness (QED) is 0.822. The van der Waals surface area contributed by atoms with Crippen LogP contribution in [0.25, 0.3) is 0 Å². The Hall–Kier alpha value is -2.85. The molecule has 4 heteroatoms. The summed E-state index contributed by atoms with van der Waals surface area (Å²) in [5, 5.41) is 6.94. The molecule has 0 saturated heterocycles. The van der Waals surface area contributed by atoms with Gasteiger partial charge in [0, 0.05) is 28.8 Å². The molecular formula is C22H23N3O. The van der Waals surface area contributed by atoms with E-state index in [0.29, 0.717) is 6.61 Å². The van der Waals surface area contributed by atoms with Gasteiger partial charge in [0.15, 0.2) is 0 Å². The van der Waals surface area contributed by atoms with Gasteiger partial charge in [0.1, 0.15) is 11.9 Å². The first kappa shape index (κ1) is 16.6. The summed E-state index contributed by atoms with van der Waals surface area (Å²) in [5.41, 5.74) is 5.36. The summed E-state index contributed by atoms with van der Waals surface area (Å²) in [6, 6.07) is 12.3. The van der Waals surface area contributed by atoms with Gasteiger partial charge in [0.05, 0.1) is 6.61 Å². The minimum atomic E-state index is -0.143. The van der Waals surface area contributed by atoms with Gasteiger partial charge in [-0.05, 0) is 43.5 Å². The number of allylic oxidation sites excluding steroid dienone is 3. The van der Waals surface area contributed by atoms with Crippen molar-refractivity contribution in [1.29, 1.82) is 0 Å². The van der Waals surface area contributed by atoms with Crippen molar-refractivity contribution < 1.29 is 4.74 Å². The predicted octanol–water partition coefficient (Wildman–Crippen LogP) is 4.74. The number of pyridine rings is 1. The van der Waals surface area contributed by atoms with Crippen LogP contribution in [0.15, 0.2) is 78.4 Å². The standard InChI is InChI=1S/C22H23N3O/c1-16-12-20-19(14-23-16)21(26-15-17-8-4-2-5-9-17)13-22(25-20)24-18-10-6-3-7-11-18/h2,4-6,8-14,21,24-25H,3,7,15H2,1H3. The molecule has 132 valence electrons. The Morgan fingerprint density at radius 1 is 1.23 bits per heavy atom. The maximum Gasteiger partial charge on any atom is 0.108 e.